The average Bonchev–Trinajstić information content (AvgIpc) is 3.11. The number of nitrogens with two attached hydrogens (primary N) is 1. The summed E-state index contributed by atoms with van der Waals surface area (Å²) in [7, 11) is -4.16. The standard InChI is InChI=1S/C19H20N4O6S/c20-15-10-4-5-11-16(15)21-17(24)12-6-7-13-28-18-19(23(25)29-22-18)30(26,27)14-8-2-1-3-9-14/h1-5,8-11H,6-7,12-13,20H2,(H,21,24). The molecule has 30 heavy (non-hydrogen) atoms. The van der Waals surface area contributed by atoms with Crippen molar-refractivity contribution in [3.8, 4) is 5.88 Å². The first-order chi connectivity index (χ1) is 14.4. The van der Waals surface area contributed by atoms with Gasteiger partial charge in [0.1, 0.15) is 0 Å². The van der Waals surface area contributed by atoms with E-state index in [0.717, 1.165) is 0 Å². The number of para-hydroxylation sites is 2. The van der Waals surface area contributed by atoms with E-state index in [1.165, 1.54) is 24.3 Å². The summed E-state index contributed by atoms with van der Waals surface area (Å²) in [6, 6.07) is 14.3. The largest absolute Gasteiger partial charge is 0.454 e. The van der Waals surface area contributed by atoms with Gasteiger partial charge >= 0.3 is 10.9 Å². The van der Waals surface area contributed by atoms with Gasteiger partial charge in [-0.05, 0) is 42.0 Å². The van der Waals surface area contributed by atoms with E-state index < -0.39 is 20.7 Å². The summed E-state index contributed by atoms with van der Waals surface area (Å²) < 4.78 is 35.0. The highest BCUT2D eigenvalue weighted by Crippen LogP contribution is 2.25. The molecule has 3 rings (SSSR count). The molecule has 2 aromatic carbocycles. The van der Waals surface area contributed by atoms with Gasteiger partial charge in [-0.1, -0.05) is 30.3 Å². The van der Waals surface area contributed by atoms with Gasteiger partial charge in [0.2, 0.25) is 5.91 Å². The van der Waals surface area contributed by atoms with Crippen molar-refractivity contribution >= 4 is 27.1 Å². The van der Waals surface area contributed by atoms with Crippen LogP contribution in [-0.2, 0) is 14.6 Å². The Balaban J connectivity index is 1.53. The maximum Gasteiger partial charge on any atom is 0.414 e. The van der Waals surface area contributed by atoms with Gasteiger partial charge in [-0.2, -0.15) is 0 Å². The Morgan fingerprint density at radius 2 is 1.83 bits per heavy atom. The molecule has 0 unspecified atom stereocenters. The van der Waals surface area contributed by atoms with E-state index in [1.807, 2.05) is 0 Å². The van der Waals surface area contributed by atoms with Crippen LogP contribution in [0, 0.1) is 5.21 Å². The van der Waals surface area contributed by atoms with Crippen molar-refractivity contribution in [2.24, 2.45) is 0 Å². The molecule has 3 N–H and O–H groups in total. The quantitative estimate of drug-likeness (QED) is 0.295. The molecule has 1 amide bonds. The van der Waals surface area contributed by atoms with Gasteiger partial charge < -0.3 is 21.0 Å². The summed E-state index contributed by atoms with van der Waals surface area (Å²) in [5, 5.41) is 17.2. The molecule has 0 aliphatic carbocycles. The lowest BCUT2D eigenvalue weighted by Crippen LogP contribution is -2.31. The van der Waals surface area contributed by atoms with Crippen molar-refractivity contribution in [2.75, 3.05) is 17.7 Å². The smallest absolute Gasteiger partial charge is 0.414 e. The zero-order valence-electron chi connectivity index (χ0n) is 15.9. The molecule has 0 bridgehead atoms. The Morgan fingerprint density at radius 3 is 2.57 bits per heavy atom. The predicted octanol–water partition coefficient (Wildman–Crippen LogP) is 1.91. The summed E-state index contributed by atoms with van der Waals surface area (Å²) in [6.45, 7) is 0.0462. The lowest BCUT2D eigenvalue weighted by molar-refractivity contribution is -0.832. The fourth-order valence-corrected chi connectivity index (χ4v) is 3.92. The van der Waals surface area contributed by atoms with Gasteiger partial charge in [0, 0.05) is 6.42 Å². The molecule has 1 aromatic heterocycles. The third-order valence-electron chi connectivity index (χ3n) is 4.13. The zero-order chi connectivity index (χ0) is 21.6. The Morgan fingerprint density at radius 1 is 1.13 bits per heavy atom. The first-order valence-electron chi connectivity index (χ1n) is 9.06. The molecular weight excluding hydrogens is 412 g/mol. The molecule has 0 aliphatic rings. The molecule has 0 fully saturated rings. The van der Waals surface area contributed by atoms with Crippen molar-refractivity contribution in [3.63, 3.8) is 0 Å². The van der Waals surface area contributed by atoms with E-state index in [2.05, 4.69) is 15.1 Å². The minimum Gasteiger partial charge on any atom is -0.454 e. The number of nitrogens with one attached hydrogen (secondary N) is 1. The third-order valence-corrected chi connectivity index (χ3v) is 5.85. The number of hydrogen-bond donors (Lipinski definition) is 2. The fraction of sp³-hybridized carbons (Fsp3) is 0.211. The van der Waals surface area contributed by atoms with Crippen LogP contribution in [0.4, 0.5) is 11.4 Å². The van der Waals surface area contributed by atoms with Crippen LogP contribution in [0.15, 0.2) is 69.1 Å². The number of unbranched alkanes of at least 4 members (excludes halogenated alkanes) is 1. The highest BCUT2D eigenvalue weighted by atomic mass is 32.2. The van der Waals surface area contributed by atoms with Crippen LogP contribution in [0.2, 0.25) is 0 Å². The molecule has 0 aliphatic heterocycles. The van der Waals surface area contributed by atoms with Crippen molar-refractivity contribution < 1.29 is 27.5 Å². The summed E-state index contributed by atoms with van der Waals surface area (Å²) in [5.74, 6) is -0.630. The van der Waals surface area contributed by atoms with E-state index in [-0.39, 0.29) is 28.7 Å². The van der Waals surface area contributed by atoms with Crippen LogP contribution in [0.3, 0.4) is 0 Å². The number of carbonyl (C=O) groups excluding carboxylic acids is 1. The number of amides is 1. The Hall–Kier alpha value is -3.60. The first-order valence-corrected chi connectivity index (χ1v) is 10.5. The van der Waals surface area contributed by atoms with E-state index in [0.29, 0.717) is 24.2 Å². The third kappa shape index (κ3) is 4.87. The van der Waals surface area contributed by atoms with E-state index >= 15 is 0 Å². The lowest BCUT2D eigenvalue weighted by atomic mass is 10.2. The molecule has 0 radical (unpaired) electrons. The van der Waals surface area contributed by atoms with Gasteiger partial charge in [-0.3, -0.25) is 9.42 Å². The molecule has 10 nitrogen and oxygen atoms in total. The fourth-order valence-electron chi connectivity index (χ4n) is 2.62. The Bertz CT molecular complexity index is 1120. The van der Waals surface area contributed by atoms with Crippen molar-refractivity contribution in [2.45, 2.75) is 29.2 Å². The Kier molecular flexibility index (Phi) is 6.52. The number of aromatic nitrogens is 2. The first kappa shape index (κ1) is 21.1. The van der Waals surface area contributed by atoms with Crippen molar-refractivity contribution in [1.29, 1.82) is 0 Å². The van der Waals surface area contributed by atoms with Crippen molar-refractivity contribution in [3.05, 3.63) is 59.8 Å². The van der Waals surface area contributed by atoms with Gasteiger partial charge in [0.25, 0.3) is 9.84 Å². The number of anilines is 2. The SMILES string of the molecule is Nc1ccccc1NC(=O)CCCCOc1no[n+]([O-])c1S(=O)(=O)c1ccccc1. The molecule has 0 saturated heterocycles. The number of rotatable bonds is 9. The second-order valence-corrected chi connectivity index (χ2v) is 8.16. The maximum atomic E-state index is 12.7. The summed E-state index contributed by atoms with van der Waals surface area (Å²) in [4.78, 5) is 11.7. The molecule has 1 heterocycles. The van der Waals surface area contributed by atoms with Crippen LogP contribution in [-0.4, -0.2) is 26.1 Å². The van der Waals surface area contributed by atoms with E-state index in [9.17, 15) is 18.4 Å². The number of benzene rings is 2. The molecule has 0 spiro atoms. The number of ether oxygens (including phenoxy) is 1. The van der Waals surface area contributed by atoms with Gasteiger partial charge in [0.15, 0.2) is 0 Å². The maximum absolute atomic E-state index is 12.7. The summed E-state index contributed by atoms with van der Waals surface area (Å²) >= 11 is 0. The van der Waals surface area contributed by atoms with E-state index in [4.69, 9.17) is 10.5 Å². The van der Waals surface area contributed by atoms with Crippen LogP contribution in [0.5, 0.6) is 5.88 Å². The molecule has 0 saturated carbocycles. The van der Waals surface area contributed by atoms with Gasteiger partial charge in [-0.25, -0.2) is 8.42 Å². The Labute approximate surface area is 172 Å². The van der Waals surface area contributed by atoms with Gasteiger partial charge in [0.05, 0.1) is 28.0 Å². The lowest BCUT2D eigenvalue weighted by Gasteiger charge is -2.07. The second-order valence-electron chi connectivity index (χ2n) is 6.30. The number of hydrogen-bond acceptors (Lipinski definition) is 8. The van der Waals surface area contributed by atoms with Crippen LogP contribution in [0.25, 0.3) is 0 Å². The van der Waals surface area contributed by atoms with Crippen LogP contribution in [0.1, 0.15) is 19.3 Å². The second kappa shape index (κ2) is 9.27. The molecule has 11 heteroatoms. The molecule has 3 aromatic rings. The van der Waals surface area contributed by atoms with E-state index in [1.54, 1.807) is 30.3 Å². The average molecular weight is 432 g/mol. The molecule has 0 atom stereocenters. The minimum absolute atomic E-state index is 0.0462. The highest BCUT2D eigenvalue weighted by Gasteiger charge is 2.35. The molecule has 158 valence electrons. The van der Waals surface area contributed by atoms with Crippen LogP contribution >= 0.6 is 0 Å². The van der Waals surface area contributed by atoms with Crippen molar-refractivity contribution in [1.82, 2.24) is 5.16 Å². The predicted molar refractivity (Wildman–Crippen MR) is 106 cm³/mol. The number of carbonyl (C=O) groups is 1. The monoisotopic (exact) mass is 432 g/mol. The number of nitrogens with zero attached hydrogens (tertiary/aromatic N) is 2. The van der Waals surface area contributed by atoms with Crippen LogP contribution < -0.4 is 20.7 Å². The number of nitrogen functional groups attached to an aromatic ring is 1. The zero-order valence-corrected chi connectivity index (χ0v) is 16.7. The minimum atomic E-state index is -4.16. The number of sulfone groups is 1. The molecular formula is C19H20N4O6S. The summed E-state index contributed by atoms with van der Waals surface area (Å²) in [6.07, 6.45) is 1.11. The topological polar surface area (TPSA) is 151 Å². The highest BCUT2D eigenvalue weighted by molar-refractivity contribution is 7.91. The normalized spacial score (nSPS) is 11.2. The summed E-state index contributed by atoms with van der Waals surface area (Å²) in [5.41, 5.74) is 6.79. The van der Waals surface area contributed by atoms with Gasteiger partial charge in [-0.15, -0.1) is 0 Å².